The summed E-state index contributed by atoms with van der Waals surface area (Å²) in [6.07, 6.45) is 6.24. The zero-order valence-corrected chi connectivity index (χ0v) is 19.6. The third-order valence-corrected chi connectivity index (χ3v) is 9.48. The Morgan fingerprint density at radius 2 is 1.72 bits per heavy atom. The van der Waals surface area contributed by atoms with E-state index in [1.165, 1.54) is 49.0 Å². The van der Waals surface area contributed by atoms with Crippen LogP contribution in [0.3, 0.4) is 0 Å². The number of hydrogen-bond acceptors (Lipinski definition) is 6. The molecular formula is C23H28N4O3S2. The second-order valence-electron chi connectivity index (χ2n) is 8.73. The highest BCUT2D eigenvalue weighted by Crippen LogP contribution is 2.33. The smallest absolute Gasteiger partial charge is 0.268 e. The number of hydrogen-bond donors (Lipinski definition) is 1. The molecule has 1 aliphatic heterocycles. The lowest BCUT2D eigenvalue weighted by atomic mass is 9.84. The molecule has 0 unspecified atom stereocenters. The average Bonchev–Trinajstić information content (AvgIpc) is 3.29. The Morgan fingerprint density at radius 3 is 2.44 bits per heavy atom. The van der Waals surface area contributed by atoms with Crippen LogP contribution in [0.5, 0.6) is 0 Å². The van der Waals surface area contributed by atoms with Gasteiger partial charge < -0.3 is 4.98 Å². The summed E-state index contributed by atoms with van der Waals surface area (Å²) in [4.78, 5) is 22.1. The van der Waals surface area contributed by atoms with Crippen LogP contribution in [0, 0.1) is 0 Å². The van der Waals surface area contributed by atoms with Gasteiger partial charge in [0.1, 0.15) is 10.5 Å². The first-order valence-electron chi connectivity index (χ1n) is 11.3. The monoisotopic (exact) mass is 472 g/mol. The van der Waals surface area contributed by atoms with Crippen molar-refractivity contribution in [1.82, 2.24) is 19.2 Å². The molecule has 1 N–H and O–H groups in total. The summed E-state index contributed by atoms with van der Waals surface area (Å²) >= 11 is 1.39. The molecule has 3 aromatic rings. The molecule has 1 aliphatic carbocycles. The zero-order valence-electron chi connectivity index (χ0n) is 18.0. The van der Waals surface area contributed by atoms with Gasteiger partial charge in [0, 0.05) is 26.2 Å². The minimum absolute atomic E-state index is 0.113. The van der Waals surface area contributed by atoms with E-state index in [1.807, 2.05) is 23.6 Å². The molecule has 2 aromatic heterocycles. The van der Waals surface area contributed by atoms with Gasteiger partial charge in [-0.05, 0) is 47.9 Å². The first-order valence-corrected chi connectivity index (χ1v) is 13.6. The van der Waals surface area contributed by atoms with Crippen molar-refractivity contribution < 1.29 is 8.42 Å². The van der Waals surface area contributed by atoms with E-state index in [1.54, 1.807) is 16.4 Å². The number of thiophene rings is 1. The van der Waals surface area contributed by atoms with Gasteiger partial charge in [-0.15, -0.1) is 11.3 Å². The normalized spacial score (nSPS) is 19.5. The Hall–Kier alpha value is -2.07. The highest BCUT2D eigenvalue weighted by molar-refractivity contribution is 7.89. The summed E-state index contributed by atoms with van der Waals surface area (Å²) in [5.74, 6) is 1.19. The molecule has 1 saturated carbocycles. The second-order valence-corrected chi connectivity index (χ2v) is 11.6. The highest BCUT2D eigenvalue weighted by Gasteiger charge is 2.29. The third-order valence-electron chi connectivity index (χ3n) is 6.66. The van der Waals surface area contributed by atoms with Crippen molar-refractivity contribution in [2.24, 2.45) is 0 Å². The Balaban J connectivity index is 1.22. The maximum Gasteiger partial charge on any atom is 0.268 e. The highest BCUT2D eigenvalue weighted by atomic mass is 32.2. The maximum atomic E-state index is 13.2. The van der Waals surface area contributed by atoms with Crippen LogP contribution in [-0.4, -0.2) is 53.8 Å². The standard InChI is InChI=1S/C23H28N4O3S2/c28-23-22-20(10-15-31-22)24-21(25-23)16-26-11-13-27(14-12-26)32(29,30)19-8-6-18(7-9-19)17-4-2-1-3-5-17/h6-10,15,17H,1-5,11-14,16H2,(H,24,25,28). The number of fused-ring (bicyclic) bond motifs is 1. The van der Waals surface area contributed by atoms with Crippen LogP contribution in [-0.2, 0) is 16.6 Å². The summed E-state index contributed by atoms with van der Waals surface area (Å²) in [5.41, 5.74) is 1.86. The molecule has 0 amide bonds. The first kappa shape index (κ1) is 21.8. The lowest BCUT2D eigenvalue weighted by molar-refractivity contribution is 0.178. The van der Waals surface area contributed by atoms with Crippen LogP contribution in [0.25, 0.3) is 10.2 Å². The summed E-state index contributed by atoms with van der Waals surface area (Å²) in [6, 6.07) is 9.40. The quantitative estimate of drug-likeness (QED) is 0.614. The van der Waals surface area contributed by atoms with Crippen LogP contribution in [0.4, 0.5) is 0 Å². The number of aromatic nitrogens is 2. The second kappa shape index (κ2) is 9.05. The minimum atomic E-state index is -3.50. The van der Waals surface area contributed by atoms with E-state index in [9.17, 15) is 13.2 Å². The predicted octanol–water partition coefficient (Wildman–Crippen LogP) is 3.54. The lowest BCUT2D eigenvalue weighted by Crippen LogP contribution is -2.48. The van der Waals surface area contributed by atoms with E-state index < -0.39 is 10.0 Å². The van der Waals surface area contributed by atoms with Crippen LogP contribution in [0.2, 0.25) is 0 Å². The Morgan fingerprint density at radius 1 is 1.00 bits per heavy atom. The van der Waals surface area contributed by atoms with Gasteiger partial charge in [0.05, 0.1) is 17.0 Å². The Bertz CT molecular complexity index is 1240. The van der Waals surface area contributed by atoms with E-state index in [0.29, 0.717) is 59.6 Å². The van der Waals surface area contributed by atoms with Gasteiger partial charge >= 0.3 is 0 Å². The predicted molar refractivity (Wildman–Crippen MR) is 127 cm³/mol. The van der Waals surface area contributed by atoms with Gasteiger partial charge in [-0.2, -0.15) is 4.31 Å². The van der Waals surface area contributed by atoms with Gasteiger partial charge in [0.15, 0.2) is 0 Å². The van der Waals surface area contributed by atoms with Crippen molar-refractivity contribution in [3.63, 3.8) is 0 Å². The summed E-state index contributed by atoms with van der Waals surface area (Å²) in [6.45, 7) is 2.57. The summed E-state index contributed by atoms with van der Waals surface area (Å²) < 4.78 is 28.5. The molecule has 0 bridgehead atoms. The lowest BCUT2D eigenvalue weighted by Gasteiger charge is -2.33. The molecule has 1 aromatic carbocycles. The number of rotatable bonds is 5. The first-order chi connectivity index (χ1) is 15.5. The molecular weight excluding hydrogens is 444 g/mol. The van der Waals surface area contributed by atoms with E-state index in [4.69, 9.17) is 0 Å². The molecule has 1 saturated heterocycles. The Kier molecular flexibility index (Phi) is 6.16. The number of H-pyrrole nitrogens is 1. The van der Waals surface area contributed by atoms with Crippen molar-refractivity contribution in [2.45, 2.75) is 49.5 Å². The Labute approximate surface area is 192 Å². The molecule has 170 valence electrons. The number of piperazine rings is 1. The van der Waals surface area contributed by atoms with E-state index in [2.05, 4.69) is 14.9 Å². The van der Waals surface area contributed by atoms with E-state index in [0.717, 1.165) is 0 Å². The van der Waals surface area contributed by atoms with Crippen LogP contribution < -0.4 is 5.56 Å². The van der Waals surface area contributed by atoms with Crippen LogP contribution in [0.15, 0.2) is 45.4 Å². The van der Waals surface area contributed by atoms with Gasteiger partial charge in [-0.3, -0.25) is 9.69 Å². The summed E-state index contributed by atoms with van der Waals surface area (Å²) in [5, 5.41) is 1.86. The number of sulfonamides is 1. The molecule has 7 nitrogen and oxygen atoms in total. The molecule has 9 heteroatoms. The minimum Gasteiger partial charge on any atom is -0.308 e. The third kappa shape index (κ3) is 4.39. The number of nitrogens with one attached hydrogen (secondary N) is 1. The SMILES string of the molecule is O=c1[nH]c(CN2CCN(S(=O)(=O)c3ccc(C4CCCCC4)cc3)CC2)nc2ccsc12. The number of nitrogens with zero attached hydrogens (tertiary/aromatic N) is 3. The topological polar surface area (TPSA) is 86.4 Å². The molecule has 0 atom stereocenters. The number of aromatic amines is 1. The van der Waals surface area contributed by atoms with Crippen molar-refractivity contribution in [3.05, 3.63) is 57.5 Å². The van der Waals surface area contributed by atoms with Crippen molar-refractivity contribution in [3.8, 4) is 0 Å². The molecule has 2 fully saturated rings. The molecule has 0 radical (unpaired) electrons. The van der Waals surface area contributed by atoms with Gasteiger partial charge in [0.25, 0.3) is 5.56 Å². The van der Waals surface area contributed by atoms with Gasteiger partial charge in [0.2, 0.25) is 10.0 Å². The molecule has 0 spiro atoms. The van der Waals surface area contributed by atoms with E-state index >= 15 is 0 Å². The van der Waals surface area contributed by atoms with Crippen LogP contribution in [0.1, 0.15) is 49.4 Å². The fourth-order valence-corrected chi connectivity index (χ4v) is 6.98. The zero-order chi connectivity index (χ0) is 22.1. The van der Waals surface area contributed by atoms with Crippen molar-refractivity contribution in [2.75, 3.05) is 26.2 Å². The fraction of sp³-hybridized carbons (Fsp3) is 0.478. The van der Waals surface area contributed by atoms with Crippen LogP contribution >= 0.6 is 11.3 Å². The van der Waals surface area contributed by atoms with Crippen molar-refractivity contribution in [1.29, 1.82) is 0 Å². The summed E-state index contributed by atoms with van der Waals surface area (Å²) in [7, 11) is -3.50. The number of benzene rings is 1. The largest absolute Gasteiger partial charge is 0.308 e. The van der Waals surface area contributed by atoms with E-state index in [-0.39, 0.29) is 5.56 Å². The van der Waals surface area contributed by atoms with Gasteiger partial charge in [-0.25, -0.2) is 13.4 Å². The fourth-order valence-electron chi connectivity index (χ4n) is 4.83. The average molecular weight is 473 g/mol. The maximum absolute atomic E-state index is 13.2. The molecule has 2 aliphatic rings. The molecule has 32 heavy (non-hydrogen) atoms. The molecule has 3 heterocycles. The van der Waals surface area contributed by atoms with Crippen molar-refractivity contribution >= 4 is 31.6 Å². The van der Waals surface area contributed by atoms with Gasteiger partial charge in [-0.1, -0.05) is 31.4 Å². The molecule has 5 rings (SSSR count).